The highest BCUT2D eigenvalue weighted by molar-refractivity contribution is 5.67. The van der Waals surface area contributed by atoms with Crippen LogP contribution < -0.4 is 14.8 Å². The average Bonchev–Trinajstić information content (AvgIpc) is 3.04. The van der Waals surface area contributed by atoms with E-state index in [2.05, 4.69) is 15.5 Å². The number of para-hydroxylation sites is 1. The van der Waals surface area contributed by atoms with Crippen molar-refractivity contribution in [3.05, 3.63) is 24.0 Å². The minimum atomic E-state index is -0.187. The summed E-state index contributed by atoms with van der Waals surface area (Å²) in [6, 6.07) is 5.51. The first kappa shape index (κ1) is 13.8. The molecule has 0 aliphatic carbocycles. The third kappa shape index (κ3) is 2.70. The summed E-state index contributed by atoms with van der Waals surface area (Å²) in [4.78, 5) is 4.41. The van der Waals surface area contributed by atoms with Crippen LogP contribution in [0.1, 0.15) is 11.9 Å². The van der Waals surface area contributed by atoms with Crippen LogP contribution in [0, 0.1) is 0 Å². The van der Waals surface area contributed by atoms with Crippen molar-refractivity contribution in [3.8, 4) is 23.0 Å². The van der Waals surface area contributed by atoms with E-state index in [9.17, 15) is 0 Å². The Hall–Kier alpha value is -2.12. The second-order valence-electron chi connectivity index (χ2n) is 4.56. The molecule has 112 valence electrons. The first-order chi connectivity index (χ1) is 10.3. The molecule has 1 unspecified atom stereocenters. The van der Waals surface area contributed by atoms with Crippen molar-refractivity contribution in [2.45, 2.75) is 6.10 Å². The fourth-order valence-electron chi connectivity index (χ4n) is 2.26. The maximum Gasteiger partial charge on any atom is 0.261 e. The predicted molar refractivity (Wildman–Crippen MR) is 74.4 cm³/mol. The quantitative estimate of drug-likeness (QED) is 0.912. The average molecular weight is 291 g/mol. The van der Waals surface area contributed by atoms with E-state index in [-0.39, 0.29) is 6.10 Å². The Morgan fingerprint density at radius 2 is 2.19 bits per heavy atom. The second kappa shape index (κ2) is 6.11. The Kier molecular flexibility index (Phi) is 4.03. The summed E-state index contributed by atoms with van der Waals surface area (Å²) < 4.78 is 21.6. The first-order valence-corrected chi connectivity index (χ1v) is 6.70. The molecule has 1 aromatic carbocycles. The van der Waals surface area contributed by atoms with Crippen LogP contribution in [-0.2, 0) is 4.74 Å². The van der Waals surface area contributed by atoms with Crippen molar-refractivity contribution in [1.82, 2.24) is 15.5 Å². The van der Waals surface area contributed by atoms with E-state index in [4.69, 9.17) is 18.7 Å². The zero-order chi connectivity index (χ0) is 14.7. The largest absolute Gasteiger partial charge is 0.493 e. The van der Waals surface area contributed by atoms with E-state index in [0.29, 0.717) is 41.9 Å². The number of hydrogen-bond acceptors (Lipinski definition) is 7. The molecular formula is C14H17N3O4. The summed E-state index contributed by atoms with van der Waals surface area (Å²) in [5.74, 6) is 2.10. The van der Waals surface area contributed by atoms with Gasteiger partial charge < -0.3 is 24.1 Å². The normalized spacial score (nSPS) is 18.5. The van der Waals surface area contributed by atoms with E-state index in [1.807, 2.05) is 18.2 Å². The number of nitrogens with zero attached hydrogens (tertiary/aromatic N) is 2. The molecule has 0 radical (unpaired) electrons. The Labute approximate surface area is 122 Å². The summed E-state index contributed by atoms with van der Waals surface area (Å²) in [5.41, 5.74) is 0.694. The molecule has 7 nitrogen and oxygen atoms in total. The van der Waals surface area contributed by atoms with Crippen LogP contribution in [0.3, 0.4) is 0 Å². The Balaban J connectivity index is 1.92. The molecule has 3 rings (SSSR count). The summed E-state index contributed by atoms with van der Waals surface area (Å²) in [6.45, 7) is 2.15. The molecule has 0 bridgehead atoms. The van der Waals surface area contributed by atoms with Crippen LogP contribution in [0.25, 0.3) is 11.5 Å². The van der Waals surface area contributed by atoms with Crippen molar-refractivity contribution in [2.75, 3.05) is 33.9 Å². The molecule has 0 saturated carbocycles. The third-order valence-corrected chi connectivity index (χ3v) is 3.29. The molecule has 1 fully saturated rings. The van der Waals surface area contributed by atoms with Gasteiger partial charge in [0, 0.05) is 13.1 Å². The van der Waals surface area contributed by atoms with Gasteiger partial charge in [-0.3, -0.25) is 0 Å². The van der Waals surface area contributed by atoms with E-state index in [1.165, 1.54) is 0 Å². The van der Waals surface area contributed by atoms with Crippen LogP contribution in [0.4, 0.5) is 0 Å². The lowest BCUT2D eigenvalue weighted by Crippen LogP contribution is -2.33. The van der Waals surface area contributed by atoms with Crippen molar-refractivity contribution in [3.63, 3.8) is 0 Å². The Morgan fingerprint density at radius 3 is 2.90 bits per heavy atom. The molecule has 1 aliphatic heterocycles. The fraction of sp³-hybridized carbons (Fsp3) is 0.429. The molecule has 0 spiro atoms. The van der Waals surface area contributed by atoms with E-state index < -0.39 is 0 Å². The molecule has 1 N–H and O–H groups in total. The highest BCUT2D eigenvalue weighted by atomic mass is 16.5. The summed E-state index contributed by atoms with van der Waals surface area (Å²) in [7, 11) is 3.16. The predicted octanol–water partition coefficient (Wildman–Crippen LogP) is 1.41. The lowest BCUT2D eigenvalue weighted by atomic mass is 10.2. The molecule has 1 aliphatic rings. The van der Waals surface area contributed by atoms with Crippen LogP contribution >= 0.6 is 0 Å². The van der Waals surface area contributed by atoms with Gasteiger partial charge in [-0.2, -0.15) is 4.98 Å². The monoisotopic (exact) mass is 291 g/mol. The van der Waals surface area contributed by atoms with E-state index in [1.54, 1.807) is 14.2 Å². The summed E-state index contributed by atoms with van der Waals surface area (Å²) in [5, 5.41) is 7.23. The Morgan fingerprint density at radius 1 is 1.29 bits per heavy atom. The molecule has 1 atom stereocenters. The van der Waals surface area contributed by atoms with Gasteiger partial charge in [0.25, 0.3) is 5.89 Å². The molecule has 1 saturated heterocycles. The van der Waals surface area contributed by atoms with Gasteiger partial charge in [-0.25, -0.2) is 0 Å². The molecule has 7 heteroatoms. The van der Waals surface area contributed by atoms with Gasteiger partial charge in [-0.05, 0) is 12.1 Å². The smallest absolute Gasteiger partial charge is 0.261 e. The lowest BCUT2D eigenvalue weighted by Gasteiger charge is -2.20. The fourth-order valence-corrected chi connectivity index (χ4v) is 2.26. The lowest BCUT2D eigenvalue weighted by molar-refractivity contribution is 0.0208. The van der Waals surface area contributed by atoms with Crippen molar-refractivity contribution < 1.29 is 18.7 Å². The van der Waals surface area contributed by atoms with Gasteiger partial charge in [0.05, 0.1) is 26.4 Å². The number of rotatable bonds is 4. The number of morpholine rings is 1. The van der Waals surface area contributed by atoms with Crippen LogP contribution in [0.2, 0.25) is 0 Å². The van der Waals surface area contributed by atoms with Gasteiger partial charge in [-0.1, -0.05) is 11.2 Å². The number of ether oxygens (including phenoxy) is 3. The third-order valence-electron chi connectivity index (χ3n) is 3.29. The topological polar surface area (TPSA) is 78.6 Å². The van der Waals surface area contributed by atoms with Crippen molar-refractivity contribution >= 4 is 0 Å². The zero-order valence-electron chi connectivity index (χ0n) is 12.0. The number of nitrogens with one attached hydrogen (secondary N) is 1. The standard InChI is InChI=1S/C14H17N3O4/c1-18-10-5-3-4-9(12(10)19-2)14-16-13(17-21-14)11-8-15-6-7-20-11/h3-5,11,15H,6-8H2,1-2H3. The summed E-state index contributed by atoms with van der Waals surface area (Å²) >= 11 is 0. The van der Waals surface area contributed by atoms with Gasteiger partial charge >= 0.3 is 0 Å². The zero-order valence-corrected chi connectivity index (χ0v) is 12.0. The van der Waals surface area contributed by atoms with Gasteiger partial charge in [0.1, 0.15) is 6.10 Å². The molecule has 21 heavy (non-hydrogen) atoms. The number of methoxy groups -OCH3 is 2. The van der Waals surface area contributed by atoms with E-state index in [0.717, 1.165) is 6.54 Å². The molecule has 0 amide bonds. The maximum absolute atomic E-state index is 5.61. The SMILES string of the molecule is COc1cccc(-c2nc(C3CNCCO3)no2)c1OC. The number of aromatic nitrogens is 2. The first-order valence-electron chi connectivity index (χ1n) is 6.70. The van der Waals surface area contributed by atoms with Crippen molar-refractivity contribution in [1.29, 1.82) is 0 Å². The van der Waals surface area contributed by atoms with Gasteiger partial charge in [0.2, 0.25) is 5.82 Å². The molecular weight excluding hydrogens is 274 g/mol. The van der Waals surface area contributed by atoms with Crippen molar-refractivity contribution in [2.24, 2.45) is 0 Å². The minimum Gasteiger partial charge on any atom is -0.493 e. The maximum atomic E-state index is 5.61. The summed E-state index contributed by atoms with van der Waals surface area (Å²) in [6.07, 6.45) is -0.187. The minimum absolute atomic E-state index is 0.187. The van der Waals surface area contributed by atoms with Gasteiger partial charge in [-0.15, -0.1) is 0 Å². The van der Waals surface area contributed by atoms with Crippen LogP contribution in [0.5, 0.6) is 11.5 Å². The van der Waals surface area contributed by atoms with Gasteiger partial charge in [0.15, 0.2) is 11.5 Å². The molecule has 2 heterocycles. The van der Waals surface area contributed by atoms with Crippen LogP contribution in [0.15, 0.2) is 22.7 Å². The highest BCUT2D eigenvalue weighted by Gasteiger charge is 2.23. The highest BCUT2D eigenvalue weighted by Crippen LogP contribution is 2.37. The molecule has 2 aromatic rings. The van der Waals surface area contributed by atoms with Crippen LogP contribution in [-0.4, -0.2) is 44.1 Å². The second-order valence-corrected chi connectivity index (χ2v) is 4.56. The van der Waals surface area contributed by atoms with E-state index >= 15 is 0 Å². The number of hydrogen-bond donors (Lipinski definition) is 1. The Bertz CT molecular complexity index is 608. The molecule has 1 aromatic heterocycles. The number of benzene rings is 1.